The molecule has 3 rings (SSSR count). The van der Waals surface area contributed by atoms with Crippen molar-refractivity contribution in [3.63, 3.8) is 0 Å². The zero-order valence-corrected chi connectivity index (χ0v) is 14.9. The first-order chi connectivity index (χ1) is 11.2. The first-order valence-electron chi connectivity index (χ1n) is 6.79. The number of nitrogens with one attached hydrogen (secondary N) is 1. The molecule has 24 heavy (non-hydrogen) atoms. The summed E-state index contributed by atoms with van der Waals surface area (Å²) in [6, 6.07) is 12.0. The van der Waals surface area contributed by atoms with Gasteiger partial charge in [-0.15, -0.1) is 0 Å². The number of rotatable bonds is 4. The van der Waals surface area contributed by atoms with Gasteiger partial charge in [-0.2, -0.15) is 3.71 Å². The van der Waals surface area contributed by atoms with Crippen molar-refractivity contribution >= 4 is 48.2 Å². The molecule has 0 saturated carbocycles. The third-order valence-electron chi connectivity index (χ3n) is 3.39. The van der Waals surface area contributed by atoms with E-state index >= 15 is 0 Å². The molecule has 0 atom stereocenters. The summed E-state index contributed by atoms with van der Waals surface area (Å²) in [4.78, 5) is 2.75. The van der Waals surface area contributed by atoms with E-state index in [-0.39, 0.29) is 15.6 Å². The third-order valence-corrected chi connectivity index (χ3v) is 7.39. The number of hydrogen-bond donors (Lipinski definition) is 1. The van der Waals surface area contributed by atoms with Gasteiger partial charge in [-0.1, -0.05) is 35.9 Å². The Labute approximate surface area is 144 Å². The van der Waals surface area contributed by atoms with Gasteiger partial charge >= 0.3 is 0 Å². The van der Waals surface area contributed by atoms with Crippen molar-refractivity contribution in [2.24, 2.45) is 0 Å². The third kappa shape index (κ3) is 2.77. The lowest BCUT2D eigenvalue weighted by Crippen LogP contribution is -2.36. The zero-order valence-electron chi connectivity index (χ0n) is 12.5. The molecule has 2 aromatic carbocycles. The number of anilines is 1. The minimum absolute atomic E-state index is 0.0231. The Kier molecular flexibility index (Phi) is 4.06. The Morgan fingerprint density at radius 3 is 2.25 bits per heavy atom. The normalized spacial score (nSPS) is 12.4. The van der Waals surface area contributed by atoms with Crippen LogP contribution in [0, 0.1) is 0 Å². The molecule has 6 nitrogen and oxygen atoms in total. The van der Waals surface area contributed by atoms with Crippen molar-refractivity contribution in [3.8, 4) is 0 Å². The molecule has 0 aliphatic carbocycles. The fraction of sp³-hybridized carbons (Fsp3) is 0.0667. The van der Waals surface area contributed by atoms with E-state index in [0.717, 1.165) is 6.26 Å². The predicted octanol–water partition coefficient (Wildman–Crippen LogP) is 2.98. The van der Waals surface area contributed by atoms with E-state index < -0.39 is 20.0 Å². The van der Waals surface area contributed by atoms with Crippen molar-refractivity contribution in [2.45, 2.75) is 4.90 Å². The van der Waals surface area contributed by atoms with E-state index in [1.165, 1.54) is 36.5 Å². The lowest BCUT2D eigenvalue weighted by Gasteiger charge is -2.23. The Hall–Kier alpha value is -2.03. The summed E-state index contributed by atoms with van der Waals surface area (Å²) >= 11 is 6.12. The highest BCUT2D eigenvalue weighted by Gasteiger charge is 2.34. The maximum absolute atomic E-state index is 12.9. The molecule has 0 aliphatic rings. The number of nitrogens with zero attached hydrogens (tertiary/aromatic N) is 1. The van der Waals surface area contributed by atoms with Crippen LogP contribution in [-0.4, -0.2) is 28.1 Å². The molecule has 0 bridgehead atoms. The molecule has 0 unspecified atom stereocenters. The van der Waals surface area contributed by atoms with Crippen LogP contribution in [0.25, 0.3) is 10.9 Å². The highest BCUT2D eigenvalue weighted by atomic mass is 35.5. The van der Waals surface area contributed by atoms with Gasteiger partial charge in [0.25, 0.3) is 10.0 Å². The molecule has 1 N–H and O–H groups in total. The number of H-pyrrole nitrogens is 1. The Balaban J connectivity index is 2.35. The molecule has 0 aliphatic heterocycles. The second-order valence-corrected chi connectivity index (χ2v) is 9.37. The lowest BCUT2D eigenvalue weighted by atomic mass is 10.2. The van der Waals surface area contributed by atoms with Crippen LogP contribution in [0.2, 0.25) is 5.02 Å². The van der Waals surface area contributed by atoms with Gasteiger partial charge in [0.05, 0.1) is 21.9 Å². The van der Waals surface area contributed by atoms with Crippen LogP contribution in [0.4, 0.5) is 5.69 Å². The molecule has 0 amide bonds. The summed E-state index contributed by atoms with van der Waals surface area (Å²) in [6.07, 6.45) is 2.32. The van der Waals surface area contributed by atoms with Crippen LogP contribution in [0.1, 0.15) is 0 Å². The number of halogens is 1. The fourth-order valence-electron chi connectivity index (χ4n) is 2.45. The summed E-state index contributed by atoms with van der Waals surface area (Å²) in [5, 5.41) is 0.557. The van der Waals surface area contributed by atoms with Gasteiger partial charge < -0.3 is 4.98 Å². The molecule has 1 heterocycles. The monoisotopic (exact) mass is 384 g/mol. The molecule has 0 radical (unpaired) electrons. The molecular weight excluding hydrogens is 372 g/mol. The van der Waals surface area contributed by atoms with Crippen molar-refractivity contribution in [1.29, 1.82) is 0 Å². The van der Waals surface area contributed by atoms with Crippen LogP contribution >= 0.6 is 11.6 Å². The smallest absolute Gasteiger partial charge is 0.277 e. The maximum Gasteiger partial charge on any atom is 0.277 e. The van der Waals surface area contributed by atoms with Crippen molar-refractivity contribution in [3.05, 3.63) is 59.8 Å². The standard InChI is InChI=1S/C15H13ClN2O4S2/c1-23(19,20)18(24(21,22)11-6-3-2-4-7-11)14-9-5-8-13-15(14)12(16)10-17-13/h2-10,17H,1H3. The number of aromatic amines is 1. The average Bonchev–Trinajstić information content (AvgIpc) is 2.89. The van der Waals surface area contributed by atoms with E-state index in [1.54, 1.807) is 18.2 Å². The maximum atomic E-state index is 12.9. The average molecular weight is 385 g/mol. The van der Waals surface area contributed by atoms with Crippen LogP contribution in [0.5, 0.6) is 0 Å². The topological polar surface area (TPSA) is 87.3 Å². The first-order valence-corrected chi connectivity index (χ1v) is 10.5. The highest BCUT2D eigenvalue weighted by Crippen LogP contribution is 2.36. The molecule has 0 spiro atoms. The largest absolute Gasteiger partial charge is 0.360 e. The Morgan fingerprint density at radius 1 is 0.958 bits per heavy atom. The minimum Gasteiger partial charge on any atom is -0.360 e. The van der Waals surface area contributed by atoms with Crippen LogP contribution in [0.3, 0.4) is 0 Å². The van der Waals surface area contributed by atoms with Gasteiger partial charge in [0.15, 0.2) is 0 Å². The molecule has 3 aromatic rings. The second kappa shape index (κ2) is 5.80. The van der Waals surface area contributed by atoms with Gasteiger partial charge in [-0.05, 0) is 24.3 Å². The van der Waals surface area contributed by atoms with E-state index in [4.69, 9.17) is 11.6 Å². The van der Waals surface area contributed by atoms with Crippen molar-refractivity contribution < 1.29 is 16.8 Å². The predicted molar refractivity (Wildman–Crippen MR) is 94.3 cm³/mol. The van der Waals surface area contributed by atoms with Gasteiger partial charge in [0.2, 0.25) is 10.0 Å². The molecule has 126 valence electrons. The fourth-order valence-corrected chi connectivity index (χ4v) is 6.00. The summed E-state index contributed by atoms with van der Waals surface area (Å²) in [6.45, 7) is 0. The summed E-state index contributed by atoms with van der Waals surface area (Å²) in [5.74, 6) is 0. The van der Waals surface area contributed by atoms with Crippen LogP contribution < -0.4 is 3.71 Å². The van der Waals surface area contributed by atoms with E-state index in [0.29, 0.717) is 14.6 Å². The number of sulfonamides is 2. The van der Waals surface area contributed by atoms with Gasteiger partial charge in [-0.25, -0.2) is 16.8 Å². The number of hydrogen-bond acceptors (Lipinski definition) is 4. The van der Waals surface area contributed by atoms with E-state index in [9.17, 15) is 16.8 Å². The lowest BCUT2D eigenvalue weighted by molar-refractivity contribution is 0.587. The van der Waals surface area contributed by atoms with Gasteiger partial charge in [0.1, 0.15) is 0 Å². The number of fused-ring (bicyclic) bond motifs is 1. The van der Waals surface area contributed by atoms with Crippen LogP contribution in [0.15, 0.2) is 59.6 Å². The van der Waals surface area contributed by atoms with Gasteiger partial charge in [-0.3, -0.25) is 0 Å². The number of benzene rings is 2. The minimum atomic E-state index is -4.33. The molecule has 0 fully saturated rings. The Bertz CT molecular complexity index is 1110. The van der Waals surface area contributed by atoms with E-state index in [1.807, 2.05) is 0 Å². The second-order valence-electron chi connectivity index (χ2n) is 5.11. The van der Waals surface area contributed by atoms with Gasteiger partial charge in [0, 0.05) is 17.1 Å². The molecule has 0 saturated heterocycles. The van der Waals surface area contributed by atoms with E-state index in [2.05, 4.69) is 4.98 Å². The first kappa shape index (κ1) is 16.8. The van der Waals surface area contributed by atoms with Crippen molar-refractivity contribution in [1.82, 2.24) is 4.98 Å². The van der Waals surface area contributed by atoms with Crippen LogP contribution in [-0.2, 0) is 20.0 Å². The zero-order chi connectivity index (χ0) is 17.5. The summed E-state index contributed by atoms with van der Waals surface area (Å²) in [7, 11) is -8.46. The van der Waals surface area contributed by atoms with Crippen molar-refractivity contribution in [2.75, 3.05) is 9.97 Å². The summed E-state index contributed by atoms with van der Waals surface area (Å²) in [5.41, 5.74) is 0.513. The molecule has 9 heteroatoms. The number of aromatic nitrogens is 1. The highest BCUT2D eigenvalue weighted by molar-refractivity contribution is 8.10. The molecular formula is C15H13ClN2O4S2. The quantitative estimate of drug-likeness (QED) is 0.749. The SMILES string of the molecule is CS(=O)(=O)N(c1cccc2[nH]cc(Cl)c12)S(=O)(=O)c1ccccc1. The summed E-state index contributed by atoms with van der Waals surface area (Å²) < 4.78 is 51.0. The Morgan fingerprint density at radius 2 is 1.62 bits per heavy atom. The molecule has 1 aromatic heterocycles.